The molecule has 4 aliphatic rings. The maximum Gasteiger partial charge on any atom is 0.254 e. The average Bonchev–Trinajstić information content (AvgIpc) is 3.60. The lowest BCUT2D eigenvalue weighted by Gasteiger charge is -2.35. The van der Waals surface area contributed by atoms with Gasteiger partial charge in [-0.25, -0.2) is 0 Å². The molecule has 2 aliphatic carbocycles. The van der Waals surface area contributed by atoms with Gasteiger partial charge in [0.15, 0.2) is 0 Å². The third kappa shape index (κ3) is 3.56. The van der Waals surface area contributed by atoms with E-state index in [2.05, 4.69) is 17.0 Å². The molecule has 1 aromatic heterocycles. The Morgan fingerprint density at radius 2 is 1.81 bits per heavy atom. The fraction of sp³-hybridized carbons (Fsp3) is 0.615. The molecule has 5 nitrogen and oxygen atoms in total. The molecule has 2 unspecified atom stereocenters. The van der Waals surface area contributed by atoms with Gasteiger partial charge in [-0.15, -0.1) is 0 Å². The Morgan fingerprint density at radius 3 is 2.58 bits per heavy atom. The first-order valence-electron chi connectivity index (χ1n) is 12.3. The molecule has 2 atom stereocenters. The number of pyridine rings is 1. The van der Waals surface area contributed by atoms with Crippen LogP contribution in [0.25, 0.3) is 10.9 Å². The van der Waals surface area contributed by atoms with Crippen LogP contribution >= 0.6 is 0 Å². The first kappa shape index (κ1) is 19.7. The molecule has 0 bridgehead atoms. The molecular formula is C26H33N3O2. The number of aromatic nitrogens is 1. The standard InChI is InChI=1S/C26H33N3O2/c30-24-6-2-1-5-23(24)29-16-22-21(26(29)31)14-19(20-4-3-11-27-25(20)22)15-28-12-9-18(10-13-28)17-7-8-17/h3-4,11,14,17-18,23-24,30H,1-2,5-10,12-13,15-16H2. The first-order chi connectivity index (χ1) is 15.2. The first-order valence-corrected chi connectivity index (χ1v) is 12.3. The van der Waals surface area contributed by atoms with Crippen molar-refractivity contribution in [2.45, 2.75) is 76.6 Å². The number of hydrogen-bond donors (Lipinski definition) is 1. The summed E-state index contributed by atoms with van der Waals surface area (Å²) in [6, 6.07) is 6.26. The number of likely N-dealkylation sites (tertiary alicyclic amines) is 1. The molecular weight excluding hydrogens is 386 g/mol. The van der Waals surface area contributed by atoms with E-state index in [9.17, 15) is 9.90 Å². The van der Waals surface area contributed by atoms with E-state index >= 15 is 0 Å². The number of piperidine rings is 1. The SMILES string of the molecule is O=C1c2cc(CN3CCC(C4CC4)CC3)c3cccnc3c2CN1C1CCCCC1O. The molecule has 31 heavy (non-hydrogen) atoms. The van der Waals surface area contributed by atoms with Gasteiger partial charge in [0.1, 0.15) is 0 Å². The van der Waals surface area contributed by atoms with Crippen molar-refractivity contribution < 1.29 is 9.90 Å². The van der Waals surface area contributed by atoms with E-state index in [1.54, 1.807) is 0 Å². The Bertz CT molecular complexity index is 994. The van der Waals surface area contributed by atoms with Crippen LogP contribution in [0.2, 0.25) is 0 Å². The zero-order chi connectivity index (χ0) is 20.9. The van der Waals surface area contributed by atoms with Gasteiger partial charge in [0.25, 0.3) is 5.91 Å². The lowest BCUT2D eigenvalue weighted by molar-refractivity contribution is 0.0192. The number of aliphatic hydroxyl groups excluding tert-OH is 1. The molecule has 2 aromatic rings. The summed E-state index contributed by atoms with van der Waals surface area (Å²) in [5.41, 5.74) is 4.07. The number of carbonyl (C=O) groups excluding carboxylic acids is 1. The van der Waals surface area contributed by atoms with Crippen molar-refractivity contribution in [1.82, 2.24) is 14.8 Å². The number of benzene rings is 1. The second-order valence-corrected chi connectivity index (χ2v) is 10.3. The van der Waals surface area contributed by atoms with Gasteiger partial charge in [-0.05, 0) is 81.1 Å². The number of nitrogens with zero attached hydrogens (tertiary/aromatic N) is 3. The van der Waals surface area contributed by atoms with Crippen LogP contribution in [0.15, 0.2) is 24.4 Å². The van der Waals surface area contributed by atoms with Crippen molar-refractivity contribution in [3.8, 4) is 0 Å². The quantitative estimate of drug-likeness (QED) is 0.810. The van der Waals surface area contributed by atoms with Crippen molar-refractivity contribution in [1.29, 1.82) is 0 Å². The van der Waals surface area contributed by atoms with Gasteiger partial charge in [-0.3, -0.25) is 14.7 Å². The highest BCUT2D eigenvalue weighted by atomic mass is 16.3. The van der Waals surface area contributed by atoms with Gasteiger partial charge < -0.3 is 10.0 Å². The minimum absolute atomic E-state index is 0.0580. The molecule has 5 heteroatoms. The average molecular weight is 420 g/mol. The normalized spacial score (nSPS) is 27.8. The lowest BCUT2D eigenvalue weighted by atomic mass is 9.91. The Kier molecular flexibility index (Phi) is 4.99. The zero-order valence-corrected chi connectivity index (χ0v) is 18.3. The summed E-state index contributed by atoms with van der Waals surface area (Å²) in [5.74, 6) is 2.03. The van der Waals surface area contributed by atoms with E-state index in [-0.39, 0.29) is 11.9 Å². The predicted molar refractivity (Wildman–Crippen MR) is 121 cm³/mol. The second kappa shape index (κ2) is 7.86. The number of hydrogen-bond acceptors (Lipinski definition) is 4. The molecule has 1 saturated heterocycles. The topological polar surface area (TPSA) is 56.7 Å². The molecule has 2 aliphatic heterocycles. The summed E-state index contributed by atoms with van der Waals surface area (Å²) in [6.07, 6.45) is 10.8. The summed E-state index contributed by atoms with van der Waals surface area (Å²) in [6.45, 7) is 3.80. The minimum atomic E-state index is -0.404. The van der Waals surface area contributed by atoms with Gasteiger partial charge in [0, 0.05) is 35.8 Å². The lowest BCUT2D eigenvalue weighted by Crippen LogP contribution is -2.45. The summed E-state index contributed by atoms with van der Waals surface area (Å²) in [4.78, 5) is 22.6. The maximum absolute atomic E-state index is 13.4. The number of amides is 1. The van der Waals surface area contributed by atoms with Gasteiger partial charge >= 0.3 is 0 Å². The van der Waals surface area contributed by atoms with Crippen LogP contribution in [0.5, 0.6) is 0 Å². The van der Waals surface area contributed by atoms with Crippen molar-refractivity contribution in [3.63, 3.8) is 0 Å². The summed E-state index contributed by atoms with van der Waals surface area (Å²) < 4.78 is 0. The van der Waals surface area contributed by atoms with Crippen LogP contribution in [0.4, 0.5) is 0 Å². The second-order valence-electron chi connectivity index (χ2n) is 10.3. The van der Waals surface area contributed by atoms with Crippen molar-refractivity contribution >= 4 is 16.8 Å². The molecule has 3 heterocycles. The van der Waals surface area contributed by atoms with Crippen LogP contribution < -0.4 is 0 Å². The van der Waals surface area contributed by atoms with E-state index in [4.69, 9.17) is 4.98 Å². The van der Waals surface area contributed by atoms with E-state index in [0.29, 0.717) is 6.54 Å². The summed E-state index contributed by atoms with van der Waals surface area (Å²) in [5, 5.41) is 11.7. The highest BCUT2D eigenvalue weighted by Crippen LogP contribution is 2.42. The van der Waals surface area contributed by atoms with Gasteiger partial charge in [-0.1, -0.05) is 18.9 Å². The molecule has 6 rings (SSSR count). The Balaban J connectivity index is 1.29. The smallest absolute Gasteiger partial charge is 0.254 e. The highest BCUT2D eigenvalue weighted by molar-refractivity contribution is 6.04. The zero-order valence-electron chi connectivity index (χ0n) is 18.3. The molecule has 3 fully saturated rings. The summed E-state index contributed by atoms with van der Waals surface area (Å²) >= 11 is 0. The Labute approximate surface area is 184 Å². The molecule has 1 amide bonds. The Morgan fingerprint density at radius 1 is 1.03 bits per heavy atom. The fourth-order valence-corrected chi connectivity index (χ4v) is 6.36. The van der Waals surface area contributed by atoms with Gasteiger partial charge in [0.05, 0.1) is 17.7 Å². The number of carbonyl (C=O) groups is 1. The predicted octanol–water partition coefficient (Wildman–Crippen LogP) is 4.12. The number of fused-ring (bicyclic) bond motifs is 3. The molecule has 2 saturated carbocycles. The fourth-order valence-electron chi connectivity index (χ4n) is 6.36. The maximum atomic E-state index is 13.4. The Hall–Kier alpha value is -1.98. The van der Waals surface area contributed by atoms with Crippen LogP contribution in [-0.2, 0) is 13.1 Å². The van der Waals surface area contributed by atoms with Crippen molar-refractivity contribution in [2.24, 2.45) is 11.8 Å². The van der Waals surface area contributed by atoms with Crippen LogP contribution in [-0.4, -0.2) is 51.0 Å². The highest BCUT2D eigenvalue weighted by Gasteiger charge is 2.39. The molecule has 1 aromatic carbocycles. The largest absolute Gasteiger partial charge is 0.391 e. The van der Waals surface area contributed by atoms with Crippen LogP contribution in [0, 0.1) is 11.8 Å². The molecule has 1 N–H and O–H groups in total. The van der Waals surface area contributed by atoms with Crippen molar-refractivity contribution in [2.75, 3.05) is 13.1 Å². The number of aliphatic hydroxyl groups is 1. The molecule has 0 radical (unpaired) electrons. The van der Waals surface area contributed by atoms with E-state index in [0.717, 1.165) is 73.8 Å². The van der Waals surface area contributed by atoms with Gasteiger partial charge in [0.2, 0.25) is 0 Å². The van der Waals surface area contributed by atoms with E-state index in [1.807, 2.05) is 17.2 Å². The third-order valence-corrected chi connectivity index (χ3v) is 8.31. The monoisotopic (exact) mass is 419 g/mol. The third-order valence-electron chi connectivity index (χ3n) is 8.31. The van der Waals surface area contributed by atoms with Crippen LogP contribution in [0.3, 0.4) is 0 Å². The van der Waals surface area contributed by atoms with Gasteiger partial charge in [-0.2, -0.15) is 0 Å². The van der Waals surface area contributed by atoms with E-state index < -0.39 is 6.10 Å². The summed E-state index contributed by atoms with van der Waals surface area (Å²) in [7, 11) is 0. The van der Waals surface area contributed by atoms with Crippen molar-refractivity contribution in [3.05, 3.63) is 41.1 Å². The van der Waals surface area contributed by atoms with Crippen LogP contribution in [0.1, 0.15) is 72.9 Å². The molecule has 0 spiro atoms. The number of rotatable bonds is 4. The molecule has 164 valence electrons. The van der Waals surface area contributed by atoms with E-state index in [1.165, 1.54) is 36.6 Å². The minimum Gasteiger partial charge on any atom is -0.391 e.